The molecule has 3 atom stereocenters. The molecule has 4 rings (SSSR count). The zero-order valence-electron chi connectivity index (χ0n) is 17.3. The Morgan fingerprint density at radius 3 is 2.67 bits per heavy atom. The molecule has 2 aliphatic rings. The van der Waals surface area contributed by atoms with Crippen LogP contribution in [0, 0.1) is 0 Å². The van der Waals surface area contributed by atoms with Crippen molar-refractivity contribution in [3.05, 3.63) is 58.6 Å². The summed E-state index contributed by atoms with van der Waals surface area (Å²) in [6.45, 7) is 0.522. The van der Waals surface area contributed by atoms with Gasteiger partial charge in [-0.1, -0.05) is 17.7 Å². The van der Waals surface area contributed by atoms with Crippen molar-refractivity contribution in [1.82, 2.24) is 21.3 Å². The number of ether oxygens (including phenoxy) is 2. The molecular weight excluding hydrogens is 470 g/mol. The molecule has 174 valence electrons. The number of nitrogens with one attached hydrogen (secondary N) is 4. The fourth-order valence-electron chi connectivity index (χ4n) is 3.23. The van der Waals surface area contributed by atoms with Gasteiger partial charge >= 0.3 is 0 Å². The summed E-state index contributed by atoms with van der Waals surface area (Å²) in [7, 11) is 0. The lowest BCUT2D eigenvalue weighted by molar-refractivity contribution is -0.126. The summed E-state index contributed by atoms with van der Waals surface area (Å²) in [5, 5.41) is 11.6. The molecule has 0 bridgehead atoms. The van der Waals surface area contributed by atoms with E-state index in [-0.39, 0.29) is 18.5 Å². The van der Waals surface area contributed by atoms with Crippen molar-refractivity contribution in [3.63, 3.8) is 0 Å². The van der Waals surface area contributed by atoms with Crippen LogP contribution in [-0.4, -0.2) is 48.0 Å². The molecule has 1 fully saturated rings. The van der Waals surface area contributed by atoms with Crippen LogP contribution in [0.5, 0.6) is 11.5 Å². The van der Waals surface area contributed by atoms with Crippen LogP contribution in [0.2, 0.25) is 5.02 Å². The summed E-state index contributed by atoms with van der Waals surface area (Å²) >= 11 is 7.01. The number of fused-ring (bicyclic) bond motifs is 1. The zero-order valence-corrected chi connectivity index (χ0v) is 18.9. The normalized spacial score (nSPS) is 21.3. The van der Waals surface area contributed by atoms with Crippen LogP contribution in [0.3, 0.4) is 0 Å². The molecule has 33 heavy (non-hydrogen) atoms. The Labute approximate surface area is 198 Å². The lowest BCUT2D eigenvalue weighted by Crippen LogP contribution is -2.70. The molecule has 3 amide bonds. The SMILES string of the molecule is NC1NC(SCC(=O)NCc2ccc3c(c2)OCO3)NC(=O)C1NC(=O)c1ccc(Cl)cc1. The van der Waals surface area contributed by atoms with Crippen molar-refractivity contribution in [1.29, 1.82) is 0 Å². The number of nitrogens with two attached hydrogens (primary N) is 1. The van der Waals surface area contributed by atoms with Crippen LogP contribution in [0.1, 0.15) is 15.9 Å². The van der Waals surface area contributed by atoms with Crippen LogP contribution < -0.4 is 36.5 Å². The maximum Gasteiger partial charge on any atom is 0.252 e. The second-order valence-electron chi connectivity index (χ2n) is 7.31. The summed E-state index contributed by atoms with van der Waals surface area (Å²) in [6.07, 6.45) is -0.829. The van der Waals surface area contributed by atoms with E-state index in [1.807, 2.05) is 12.1 Å². The third-order valence-electron chi connectivity index (χ3n) is 4.96. The first-order valence-electron chi connectivity index (χ1n) is 10.0. The number of amides is 3. The molecule has 0 spiro atoms. The molecule has 0 saturated carbocycles. The molecule has 2 aromatic rings. The molecule has 2 heterocycles. The predicted octanol–water partition coefficient (Wildman–Crippen LogP) is 0.505. The van der Waals surface area contributed by atoms with Crippen molar-refractivity contribution in [2.75, 3.05) is 12.5 Å². The average Bonchev–Trinajstić information content (AvgIpc) is 3.27. The van der Waals surface area contributed by atoms with Gasteiger partial charge in [0.2, 0.25) is 18.6 Å². The minimum Gasteiger partial charge on any atom is -0.454 e. The highest BCUT2D eigenvalue weighted by Crippen LogP contribution is 2.32. The van der Waals surface area contributed by atoms with Crippen LogP contribution in [0.4, 0.5) is 0 Å². The fraction of sp³-hybridized carbons (Fsp3) is 0.286. The van der Waals surface area contributed by atoms with Gasteiger partial charge in [-0.25, -0.2) is 0 Å². The van der Waals surface area contributed by atoms with E-state index in [0.29, 0.717) is 28.6 Å². The summed E-state index contributed by atoms with van der Waals surface area (Å²) in [5.41, 5.74) is 6.71. The molecular formula is C21H22ClN5O5S. The standard InChI is InChI=1S/C21H22ClN5O5S/c22-13-4-2-12(3-5-13)19(29)25-17-18(23)26-21(27-20(17)30)33-9-16(28)24-8-11-1-6-14-15(7-11)32-10-31-14/h1-7,17-18,21,26H,8-10,23H2,(H,24,28)(H,25,29)(H,27,30). The number of benzene rings is 2. The molecule has 0 radical (unpaired) electrons. The largest absolute Gasteiger partial charge is 0.454 e. The van der Waals surface area contributed by atoms with Gasteiger partial charge in [0.15, 0.2) is 11.5 Å². The predicted molar refractivity (Wildman–Crippen MR) is 123 cm³/mol. The Hall–Kier alpha value is -2.99. The lowest BCUT2D eigenvalue weighted by Gasteiger charge is -2.35. The molecule has 12 heteroatoms. The van der Waals surface area contributed by atoms with E-state index in [9.17, 15) is 14.4 Å². The molecule has 0 aromatic heterocycles. The summed E-state index contributed by atoms with van der Waals surface area (Å²) < 4.78 is 10.6. The summed E-state index contributed by atoms with van der Waals surface area (Å²) in [5.74, 6) is 0.327. The Bertz CT molecular complexity index is 1050. The molecule has 1 saturated heterocycles. The number of hydrogen-bond acceptors (Lipinski definition) is 8. The van der Waals surface area contributed by atoms with Gasteiger partial charge in [-0.3, -0.25) is 19.7 Å². The summed E-state index contributed by atoms with van der Waals surface area (Å²) in [6, 6.07) is 10.8. The van der Waals surface area contributed by atoms with Gasteiger partial charge in [-0.15, -0.1) is 11.8 Å². The quantitative estimate of drug-likeness (QED) is 0.377. The van der Waals surface area contributed by atoms with Gasteiger partial charge in [-0.05, 0) is 42.0 Å². The first-order valence-corrected chi connectivity index (χ1v) is 11.5. The maximum atomic E-state index is 12.5. The van der Waals surface area contributed by atoms with Crippen molar-refractivity contribution >= 4 is 41.1 Å². The first kappa shape index (κ1) is 23.2. The van der Waals surface area contributed by atoms with Crippen molar-refractivity contribution in [2.24, 2.45) is 5.73 Å². The molecule has 2 aromatic carbocycles. The number of carbonyl (C=O) groups is 3. The number of rotatable bonds is 7. The van der Waals surface area contributed by atoms with E-state index < -0.39 is 29.5 Å². The summed E-state index contributed by atoms with van der Waals surface area (Å²) in [4.78, 5) is 37.1. The van der Waals surface area contributed by atoms with E-state index in [4.69, 9.17) is 26.8 Å². The van der Waals surface area contributed by atoms with Gasteiger partial charge in [0.05, 0.1) is 11.9 Å². The maximum absolute atomic E-state index is 12.5. The third-order valence-corrected chi connectivity index (χ3v) is 6.23. The van der Waals surface area contributed by atoms with Crippen LogP contribution in [0.25, 0.3) is 0 Å². The second kappa shape index (κ2) is 10.3. The van der Waals surface area contributed by atoms with Crippen LogP contribution in [-0.2, 0) is 16.1 Å². The fourth-order valence-corrected chi connectivity index (χ4v) is 4.23. The number of hydrogen-bond donors (Lipinski definition) is 5. The molecule has 0 aliphatic carbocycles. The molecule has 3 unspecified atom stereocenters. The Morgan fingerprint density at radius 2 is 1.91 bits per heavy atom. The van der Waals surface area contributed by atoms with E-state index in [1.54, 1.807) is 30.3 Å². The van der Waals surface area contributed by atoms with Crippen LogP contribution in [0.15, 0.2) is 42.5 Å². The van der Waals surface area contributed by atoms with E-state index in [2.05, 4.69) is 21.3 Å². The lowest BCUT2D eigenvalue weighted by atomic mass is 10.1. The van der Waals surface area contributed by atoms with Crippen molar-refractivity contribution in [2.45, 2.75) is 24.3 Å². The molecule has 10 nitrogen and oxygen atoms in total. The number of halogens is 1. The highest BCUT2D eigenvalue weighted by atomic mass is 35.5. The Kier molecular flexibility index (Phi) is 7.23. The van der Waals surface area contributed by atoms with Gasteiger partial charge in [0.1, 0.15) is 11.5 Å². The van der Waals surface area contributed by atoms with E-state index in [1.165, 1.54) is 11.8 Å². The van der Waals surface area contributed by atoms with Gasteiger partial charge in [0.25, 0.3) is 5.91 Å². The van der Waals surface area contributed by atoms with E-state index in [0.717, 1.165) is 5.56 Å². The minimum absolute atomic E-state index is 0.0943. The number of thioether (sulfide) groups is 1. The highest BCUT2D eigenvalue weighted by molar-refractivity contribution is 8.00. The van der Waals surface area contributed by atoms with Gasteiger partial charge in [-0.2, -0.15) is 0 Å². The molecule has 6 N–H and O–H groups in total. The van der Waals surface area contributed by atoms with Crippen molar-refractivity contribution in [3.8, 4) is 11.5 Å². The van der Waals surface area contributed by atoms with Crippen molar-refractivity contribution < 1.29 is 23.9 Å². The monoisotopic (exact) mass is 491 g/mol. The van der Waals surface area contributed by atoms with Crippen LogP contribution >= 0.6 is 23.4 Å². The highest BCUT2D eigenvalue weighted by Gasteiger charge is 2.35. The average molecular weight is 492 g/mol. The Morgan fingerprint density at radius 1 is 1.15 bits per heavy atom. The van der Waals surface area contributed by atoms with E-state index >= 15 is 0 Å². The Balaban J connectivity index is 1.21. The molecule has 2 aliphatic heterocycles. The zero-order chi connectivity index (χ0) is 23.4. The topological polar surface area (TPSA) is 144 Å². The second-order valence-corrected chi connectivity index (χ2v) is 8.84. The number of carbonyl (C=O) groups excluding carboxylic acids is 3. The first-order chi connectivity index (χ1) is 15.9. The van der Waals surface area contributed by atoms with Gasteiger partial charge < -0.3 is 31.2 Å². The third kappa shape index (κ3) is 5.88. The van der Waals surface area contributed by atoms with Gasteiger partial charge in [0, 0.05) is 17.1 Å². The smallest absolute Gasteiger partial charge is 0.252 e. The minimum atomic E-state index is -0.968.